The van der Waals surface area contributed by atoms with Crippen LogP contribution in [-0.2, 0) is 7.05 Å². The third-order valence-corrected chi connectivity index (χ3v) is 4.95. The van der Waals surface area contributed by atoms with Gasteiger partial charge in [-0.05, 0) is 18.9 Å². The summed E-state index contributed by atoms with van der Waals surface area (Å²) in [4.78, 5) is 41.8. The van der Waals surface area contributed by atoms with E-state index in [9.17, 15) is 19.5 Å². The van der Waals surface area contributed by atoms with Crippen LogP contribution in [-0.4, -0.2) is 56.6 Å². The van der Waals surface area contributed by atoms with Crippen molar-refractivity contribution in [1.29, 1.82) is 0 Å². The predicted molar refractivity (Wildman–Crippen MR) is 93.3 cm³/mol. The third kappa shape index (κ3) is 3.37. The van der Waals surface area contributed by atoms with Crippen LogP contribution in [0.25, 0.3) is 0 Å². The van der Waals surface area contributed by atoms with Crippen molar-refractivity contribution < 1.29 is 19.1 Å². The number of β-amino-alcohol motifs (C(OH)–C–C–N with tert-alkyl or cyclic N) is 1. The van der Waals surface area contributed by atoms with E-state index in [2.05, 4.69) is 10.3 Å². The summed E-state index contributed by atoms with van der Waals surface area (Å²) in [5.74, 6) is 0.172. The molecule has 142 valence electrons. The lowest BCUT2D eigenvalue weighted by Gasteiger charge is -2.46. The molecule has 1 saturated heterocycles. The Morgan fingerprint density at radius 1 is 1.41 bits per heavy atom. The zero-order valence-corrected chi connectivity index (χ0v) is 14.8. The van der Waals surface area contributed by atoms with Gasteiger partial charge in [0.1, 0.15) is 11.4 Å². The highest BCUT2D eigenvalue weighted by Gasteiger charge is 2.46. The van der Waals surface area contributed by atoms with Gasteiger partial charge in [0.2, 0.25) is 0 Å². The molecule has 1 saturated carbocycles. The number of likely N-dealkylation sites (tertiary alicyclic amines) is 1. The quantitative estimate of drug-likeness (QED) is 0.755. The molecular formula is C18H20N4O5. The number of amides is 2. The lowest BCUT2D eigenvalue weighted by Crippen LogP contribution is -2.67. The van der Waals surface area contributed by atoms with Crippen LogP contribution in [0.2, 0.25) is 0 Å². The summed E-state index contributed by atoms with van der Waals surface area (Å²) < 4.78 is 6.68. The minimum Gasteiger partial charge on any atom is -0.447 e. The smallest absolute Gasteiger partial charge is 0.276 e. The molecule has 4 rings (SSSR count). The maximum Gasteiger partial charge on any atom is 0.276 e. The molecule has 2 aliphatic rings. The Kier molecular flexibility index (Phi) is 4.11. The second-order valence-electron chi connectivity index (χ2n) is 7.27. The largest absolute Gasteiger partial charge is 0.447 e. The number of carbonyl (C=O) groups excluding carboxylic acids is 2. The van der Waals surface area contributed by atoms with E-state index in [-0.39, 0.29) is 42.6 Å². The fourth-order valence-electron chi connectivity index (χ4n) is 3.16. The molecule has 9 nitrogen and oxygen atoms in total. The average Bonchev–Trinajstić information content (AvgIpc) is 3.35. The van der Waals surface area contributed by atoms with Gasteiger partial charge in [-0.2, -0.15) is 0 Å². The summed E-state index contributed by atoms with van der Waals surface area (Å²) in [6, 6.07) is 2.77. The van der Waals surface area contributed by atoms with E-state index >= 15 is 0 Å². The van der Waals surface area contributed by atoms with E-state index in [0.717, 1.165) is 12.8 Å². The van der Waals surface area contributed by atoms with Gasteiger partial charge in [-0.15, -0.1) is 0 Å². The summed E-state index contributed by atoms with van der Waals surface area (Å²) >= 11 is 0. The molecule has 0 radical (unpaired) electrons. The molecular weight excluding hydrogens is 352 g/mol. The Bertz CT molecular complexity index is 953. The molecule has 3 heterocycles. The van der Waals surface area contributed by atoms with Crippen molar-refractivity contribution in [3.05, 3.63) is 52.1 Å². The standard InChI is InChI=1S/C18H20N4O5/c1-21-5-4-12(6-13(21)23)16(24)19-7-18(26)8-22(9-18)17(25)14-15(11-2-3-11)27-10-20-14/h4-6,10-11,26H,2-3,7-9H2,1H3,(H,19,24). The van der Waals surface area contributed by atoms with Crippen molar-refractivity contribution in [1.82, 2.24) is 19.8 Å². The fraction of sp³-hybridized carbons (Fsp3) is 0.444. The van der Waals surface area contributed by atoms with Gasteiger partial charge in [0.05, 0.1) is 19.6 Å². The fourth-order valence-corrected chi connectivity index (χ4v) is 3.16. The SMILES string of the molecule is Cn1ccc(C(=O)NCC2(O)CN(C(=O)c3ncoc3C3CC3)C2)cc1=O. The van der Waals surface area contributed by atoms with Crippen molar-refractivity contribution in [3.8, 4) is 0 Å². The van der Waals surface area contributed by atoms with Gasteiger partial charge < -0.3 is 24.3 Å². The number of oxazole rings is 1. The minimum atomic E-state index is -1.20. The summed E-state index contributed by atoms with van der Waals surface area (Å²) in [6.45, 7) is 0.179. The number of rotatable bonds is 5. The summed E-state index contributed by atoms with van der Waals surface area (Å²) in [6.07, 6.45) is 4.77. The van der Waals surface area contributed by atoms with Gasteiger partial charge in [-0.1, -0.05) is 0 Å². The summed E-state index contributed by atoms with van der Waals surface area (Å²) in [5.41, 5.74) is -0.954. The molecule has 2 aromatic heterocycles. The van der Waals surface area contributed by atoms with Crippen molar-refractivity contribution >= 4 is 11.8 Å². The van der Waals surface area contributed by atoms with Crippen LogP contribution in [0.5, 0.6) is 0 Å². The molecule has 0 aromatic carbocycles. The highest BCUT2D eigenvalue weighted by molar-refractivity contribution is 5.95. The topological polar surface area (TPSA) is 118 Å². The van der Waals surface area contributed by atoms with Gasteiger partial charge >= 0.3 is 0 Å². The van der Waals surface area contributed by atoms with Gasteiger partial charge in [0.15, 0.2) is 12.1 Å². The maximum atomic E-state index is 12.5. The van der Waals surface area contributed by atoms with Gasteiger partial charge in [0.25, 0.3) is 17.4 Å². The number of hydrogen-bond acceptors (Lipinski definition) is 6. The Labute approximate surface area is 154 Å². The Hall–Kier alpha value is -2.94. The first-order valence-electron chi connectivity index (χ1n) is 8.76. The Morgan fingerprint density at radius 3 is 2.81 bits per heavy atom. The number of carbonyl (C=O) groups is 2. The van der Waals surface area contributed by atoms with E-state index in [1.54, 1.807) is 7.05 Å². The van der Waals surface area contributed by atoms with E-state index in [1.807, 2.05) is 0 Å². The molecule has 2 fully saturated rings. The van der Waals surface area contributed by atoms with Crippen LogP contribution in [0, 0.1) is 0 Å². The van der Waals surface area contributed by atoms with Gasteiger partial charge in [-0.25, -0.2) is 4.98 Å². The molecule has 0 unspecified atom stereocenters. The Balaban J connectivity index is 1.33. The molecule has 0 spiro atoms. The monoisotopic (exact) mass is 372 g/mol. The van der Waals surface area contributed by atoms with Gasteiger partial charge in [0, 0.05) is 30.8 Å². The van der Waals surface area contributed by atoms with Crippen molar-refractivity contribution in [2.24, 2.45) is 7.05 Å². The van der Waals surface area contributed by atoms with Crippen LogP contribution in [0.3, 0.4) is 0 Å². The molecule has 27 heavy (non-hydrogen) atoms. The molecule has 1 aliphatic carbocycles. The van der Waals surface area contributed by atoms with Gasteiger partial charge in [-0.3, -0.25) is 14.4 Å². The summed E-state index contributed by atoms with van der Waals surface area (Å²) in [7, 11) is 1.59. The number of aromatic nitrogens is 2. The Morgan fingerprint density at radius 2 is 2.15 bits per heavy atom. The molecule has 2 N–H and O–H groups in total. The minimum absolute atomic E-state index is 0.0148. The summed E-state index contributed by atoms with van der Waals surface area (Å²) in [5, 5.41) is 13.1. The van der Waals surface area contributed by atoms with E-state index in [0.29, 0.717) is 11.5 Å². The number of aliphatic hydroxyl groups is 1. The zero-order chi connectivity index (χ0) is 19.2. The highest BCUT2D eigenvalue weighted by atomic mass is 16.3. The first-order chi connectivity index (χ1) is 12.9. The maximum absolute atomic E-state index is 12.5. The van der Waals surface area contributed by atoms with E-state index < -0.39 is 11.5 Å². The number of pyridine rings is 1. The average molecular weight is 372 g/mol. The lowest BCUT2D eigenvalue weighted by atomic mass is 9.93. The molecule has 9 heteroatoms. The van der Waals surface area contributed by atoms with Crippen LogP contribution < -0.4 is 10.9 Å². The van der Waals surface area contributed by atoms with Crippen molar-refractivity contribution in [2.75, 3.05) is 19.6 Å². The molecule has 1 aliphatic heterocycles. The molecule has 0 atom stereocenters. The first kappa shape index (κ1) is 17.5. The second-order valence-corrected chi connectivity index (χ2v) is 7.27. The first-order valence-corrected chi connectivity index (χ1v) is 8.76. The zero-order valence-electron chi connectivity index (χ0n) is 14.8. The number of nitrogens with one attached hydrogen (secondary N) is 1. The van der Waals surface area contributed by atoms with Crippen LogP contribution in [0.15, 0.2) is 33.9 Å². The second kappa shape index (κ2) is 6.34. The van der Waals surface area contributed by atoms with Crippen LogP contribution in [0.4, 0.5) is 0 Å². The van der Waals surface area contributed by atoms with Crippen molar-refractivity contribution in [2.45, 2.75) is 24.4 Å². The highest BCUT2D eigenvalue weighted by Crippen LogP contribution is 2.42. The van der Waals surface area contributed by atoms with Crippen LogP contribution in [0.1, 0.15) is 45.4 Å². The van der Waals surface area contributed by atoms with E-state index in [4.69, 9.17) is 4.42 Å². The molecule has 2 aromatic rings. The van der Waals surface area contributed by atoms with Crippen molar-refractivity contribution in [3.63, 3.8) is 0 Å². The number of nitrogens with zero attached hydrogens (tertiary/aromatic N) is 3. The predicted octanol–water partition coefficient (Wildman–Crippen LogP) is -0.132. The van der Waals surface area contributed by atoms with E-state index in [1.165, 1.54) is 34.2 Å². The molecule has 0 bridgehead atoms. The normalized spacial score (nSPS) is 18.1. The number of aryl methyl sites for hydroxylation is 1. The third-order valence-electron chi connectivity index (χ3n) is 4.95. The number of hydrogen-bond donors (Lipinski definition) is 2. The molecule has 2 amide bonds. The van der Waals surface area contributed by atoms with Crippen LogP contribution >= 0.6 is 0 Å². The lowest BCUT2D eigenvalue weighted by molar-refractivity contribution is -0.0774.